The predicted molar refractivity (Wildman–Crippen MR) is 137 cm³/mol. The van der Waals surface area contributed by atoms with E-state index in [1.165, 1.54) is 4.88 Å². The Balaban J connectivity index is 1.63. The number of benzene rings is 1. The minimum absolute atomic E-state index is 0.127. The van der Waals surface area contributed by atoms with Crippen LogP contribution in [0.25, 0.3) is 5.00 Å². The summed E-state index contributed by atoms with van der Waals surface area (Å²) in [4.78, 5) is 29.8. The van der Waals surface area contributed by atoms with Gasteiger partial charge in [0.1, 0.15) is 16.9 Å². The van der Waals surface area contributed by atoms with Crippen LogP contribution in [0, 0.1) is 20.8 Å². The molecule has 3 aromatic rings. The quantitative estimate of drug-likeness (QED) is 0.393. The summed E-state index contributed by atoms with van der Waals surface area (Å²) < 4.78 is 2.02. The van der Waals surface area contributed by atoms with Crippen LogP contribution >= 0.6 is 22.9 Å². The molecule has 184 valence electrons. The van der Waals surface area contributed by atoms with Crippen LogP contribution in [0.1, 0.15) is 71.4 Å². The predicted octanol–water partition coefficient (Wildman–Crippen LogP) is 4.95. The summed E-state index contributed by atoms with van der Waals surface area (Å²) in [7, 11) is 0. The number of unbranched alkanes of at least 4 members (excludes halogenated alkanes) is 2. The smallest absolute Gasteiger partial charge is 0.303 e. The zero-order valence-electron chi connectivity index (χ0n) is 20.0. The van der Waals surface area contributed by atoms with Crippen molar-refractivity contribution in [2.45, 2.75) is 58.9 Å². The number of halogens is 1. The molecule has 1 aliphatic heterocycles. The molecule has 0 aliphatic carbocycles. The van der Waals surface area contributed by atoms with E-state index in [0.717, 1.165) is 46.1 Å². The minimum atomic E-state index is -0.796. The van der Waals surface area contributed by atoms with E-state index in [4.69, 9.17) is 21.7 Å². The van der Waals surface area contributed by atoms with Crippen molar-refractivity contribution in [1.82, 2.24) is 20.1 Å². The minimum Gasteiger partial charge on any atom is -0.481 e. The van der Waals surface area contributed by atoms with Crippen LogP contribution in [-0.4, -0.2) is 44.0 Å². The van der Waals surface area contributed by atoms with Gasteiger partial charge in [-0.05, 0) is 51.3 Å². The van der Waals surface area contributed by atoms with Crippen molar-refractivity contribution in [3.8, 4) is 5.00 Å². The van der Waals surface area contributed by atoms with E-state index in [1.54, 1.807) is 11.3 Å². The molecular formula is C25H28ClN5O3S. The number of nitrogens with zero attached hydrogens (tertiary/aromatic N) is 4. The third-order valence-electron chi connectivity index (χ3n) is 6.13. The topological polar surface area (TPSA) is 109 Å². The van der Waals surface area contributed by atoms with Crippen molar-refractivity contribution in [2.24, 2.45) is 4.99 Å². The summed E-state index contributed by atoms with van der Waals surface area (Å²) in [5.74, 6) is 0.470. The first-order chi connectivity index (χ1) is 16.8. The first-order valence-corrected chi connectivity index (χ1v) is 12.8. The Labute approximate surface area is 213 Å². The van der Waals surface area contributed by atoms with Crippen LogP contribution in [0.5, 0.6) is 0 Å². The van der Waals surface area contributed by atoms with E-state index in [-0.39, 0.29) is 18.7 Å². The van der Waals surface area contributed by atoms with Gasteiger partial charge in [0.05, 0.1) is 12.1 Å². The average molecular weight is 514 g/mol. The molecule has 0 saturated heterocycles. The molecule has 1 unspecified atom stereocenters. The lowest BCUT2D eigenvalue weighted by Crippen LogP contribution is -2.26. The number of amides is 1. The summed E-state index contributed by atoms with van der Waals surface area (Å²) in [6.07, 6.45) is 2.37. The molecule has 3 heterocycles. The maximum Gasteiger partial charge on any atom is 0.303 e. The van der Waals surface area contributed by atoms with Gasteiger partial charge >= 0.3 is 5.97 Å². The number of aliphatic carboxylic acids is 1. The fourth-order valence-corrected chi connectivity index (χ4v) is 5.53. The van der Waals surface area contributed by atoms with Gasteiger partial charge in [-0.25, -0.2) is 0 Å². The van der Waals surface area contributed by atoms with Gasteiger partial charge in [-0.2, -0.15) is 0 Å². The molecule has 0 fully saturated rings. The lowest BCUT2D eigenvalue weighted by Gasteiger charge is -2.13. The zero-order valence-corrected chi connectivity index (χ0v) is 21.5. The molecule has 35 heavy (non-hydrogen) atoms. The van der Waals surface area contributed by atoms with Gasteiger partial charge in [0.2, 0.25) is 5.91 Å². The van der Waals surface area contributed by atoms with E-state index in [0.29, 0.717) is 23.8 Å². The number of carboxylic acid groups (broad SMARTS) is 1. The third kappa shape index (κ3) is 5.46. The van der Waals surface area contributed by atoms with Gasteiger partial charge in [0.25, 0.3) is 0 Å². The third-order valence-corrected chi connectivity index (χ3v) is 7.57. The second kappa shape index (κ2) is 10.7. The Hall–Kier alpha value is -3.04. The summed E-state index contributed by atoms with van der Waals surface area (Å²) in [5, 5.41) is 22.1. The van der Waals surface area contributed by atoms with Gasteiger partial charge in [-0.1, -0.05) is 30.2 Å². The number of carbonyl (C=O) groups is 2. The fraction of sp³-hybridized carbons (Fsp3) is 0.400. The van der Waals surface area contributed by atoms with Crippen LogP contribution in [0.4, 0.5) is 0 Å². The number of aromatic nitrogens is 3. The maximum absolute atomic E-state index is 12.9. The van der Waals surface area contributed by atoms with Crippen LogP contribution < -0.4 is 5.32 Å². The highest BCUT2D eigenvalue weighted by molar-refractivity contribution is 7.15. The van der Waals surface area contributed by atoms with Gasteiger partial charge in [0, 0.05) is 34.0 Å². The second-order valence-electron chi connectivity index (χ2n) is 8.66. The van der Waals surface area contributed by atoms with Crippen molar-refractivity contribution in [2.75, 3.05) is 6.54 Å². The molecule has 1 amide bonds. The molecule has 2 N–H and O–H groups in total. The number of carboxylic acids is 1. The van der Waals surface area contributed by atoms with Crippen molar-refractivity contribution in [3.05, 3.63) is 62.5 Å². The number of hydrogen-bond donors (Lipinski definition) is 2. The Morgan fingerprint density at radius 1 is 1.11 bits per heavy atom. The summed E-state index contributed by atoms with van der Waals surface area (Å²) in [6.45, 7) is 6.59. The van der Waals surface area contributed by atoms with E-state index < -0.39 is 12.0 Å². The van der Waals surface area contributed by atoms with Crippen LogP contribution in [0.2, 0.25) is 5.02 Å². The van der Waals surface area contributed by atoms with Crippen molar-refractivity contribution in [3.63, 3.8) is 0 Å². The molecule has 0 radical (unpaired) electrons. The Morgan fingerprint density at radius 2 is 1.86 bits per heavy atom. The van der Waals surface area contributed by atoms with E-state index in [2.05, 4.69) is 29.4 Å². The van der Waals surface area contributed by atoms with Crippen LogP contribution in [-0.2, 0) is 9.59 Å². The molecule has 0 spiro atoms. The summed E-state index contributed by atoms with van der Waals surface area (Å²) in [5.41, 5.74) is 3.91. The van der Waals surface area contributed by atoms with Crippen LogP contribution in [0.15, 0.2) is 29.3 Å². The number of rotatable bonds is 9. The number of carbonyl (C=O) groups excluding carboxylic acids is 1. The number of aryl methyl sites for hydroxylation is 2. The Morgan fingerprint density at radius 3 is 2.57 bits per heavy atom. The molecule has 8 nitrogen and oxygen atoms in total. The highest BCUT2D eigenvalue weighted by Gasteiger charge is 2.32. The first-order valence-electron chi connectivity index (χ1n) is 11.6. The first kappa shape index (κ1) is 25.1. The normalized spacial score (nSPS) is 14.6. The van der Waals surface area contributed by atoms with E-state index in [9.17, 15) is 9.59 Å². The lowest BCUT2D eigenvalue weighted by atomic mass is 9.99. The number of fused-ring (bicyclic) bond motifs is 3. The largest absolute Gasteiger partial charge is 0.481 e. The molecule has 2 aromatic heterocycles. The van der Waals surface area contributed by atoms with E-state index >= 15 is 0 Å². The molecular weight excluding hydrogens is 486 g/mol. The number of hydrogen-bond acceptors (Lipinski definition) is 6. The monoisotopic (exact) mass is 513 g/mol. The molecule has 10 heteroatoms. The Bertz CT molecular complexity index is 1280. The highest BCUT2D eigenvalue weighted by Crippen LogP contribution is 2.39. The second-order valence-corrected chi connectivity index (χ2v) is 10.3. The van der Waals surface area contributed by atoms with Crippen molar-refractivity contribution >= 4 is 40.5 Å². The van der Waals surface area contributed by atoms with Crippen LogP contribution in [0.3, 0.4) is 0 Å². The van der Waals surface area contributed by atoms with Gasteiger partial charge in [-0.3, -0.25) is 19.1 Å². The molecule has 0 bridgehead atoms. The van der Waals surface area contributed by atoms with Gasteiger partial charge in [-0.15, -0.1) is 21.5 Å². The Kier molecular flexibility index (Phi) is 7.66. The summed E-state index contributed by atoms with van der Waals surface area (Å²) >= 11 is 7.82. The SMILES string of the molecule is Cc1sc2c(c1C)C(c1ccc(Cl)cc1)=NC(CC(=O)NCCCCCC(=O)O)c1nnc(C)n1-2. The lowest BCUT2D eigenvalue weighted by molar-refractivity contribution is -0.137. The maximum atomic E-state index is 12.9. The molecule has 1 aliphatic rings. The summed E-state index contributed by atoms with van der Waals surface area (Å²) in [6, 6.07) is 7.08. The molecule has 1 atom stereocenters. The average Bonchev–Trinajstić information content (AvgIpc) is 3.29. The molecule has 1 aromatic carbocycles. The molecule has 0 saturated carbocycles. The van der Waals surface area contributed by atoms with Crippen molar-refractivity contribution in [1.29, 1.82) is 0 Å². The molecule has 4 rings (SSSR count). The fourth-order valence-electron chi connectivity index (χ4n) is 4.19. The zero-order chi connectivity index (χ0) is 25.1. The van der Waals surface area contributed by atoms with Crippen molar-refractivity contribution < 1.29 is 14.7 Å². The number of thiophene rings is 1. The van der Waals surface area contributed by atoms with Gasteiger partial charge in [0.15, 0.2) is 5.82 Å². The number of nitrogens with one attached hydrogen (secondary N) is 1. The van der Waals surface area contributed by atoms with Gasteiger partial charge < -0.3 is 10.4 Å². The van der Waals surface area contributed by atoms with E-state index in [1.807, 2.05) is 35.8 Å². The number of aliphatic imine (C=N–C) groups is 1. The standard InChI is InChI=1S/C25H28ClN5O3S/c1-14-15(2)35-25-22(14)23(17-8-10-18(26)11-9-17)28-19(24-30-29-16(3)31(24)25)13-20(32)27-12-6-4-5-7-21(33)34/h8-11,19H,4-7,12-13H2,1-3H3,(H,27,32)(H,33,34). The highest BCUT2D eigenvalue weighted by atomic mass is 35.5.